The van der Waals surface area contributed by atoms with Crippen molar-refractivity contribution in [1.82, 2.24) is 9.21 Å². The van der Waals surface area contributed by atoms with E-state index in [0.717, 1.165) is 0 Å². The van der Waals surface area contributed by atoms with Gasteiger partial charge in [0.1, 0.15) is 5.75 Å². The van der Waals surface area contributed by atoms with Crippen LogP contribution in [0.1, 0.15) is 16.8 Å². The Labute approximate surface area is 158 Å². The quantitative estimate of drug-likeness (QED) is 0.813. The van der Waals surface area contributed by atoms with Gasteiger partial charge in [0.2, 0.25) is 10.0 Å². The fourth-order valence-corrected chi connectivity index (χ4v) is 5.12. The summed E-state index contributed by atoms with van der Waals surface area (Å²) in [5.41, 5.74) is -0.271. The third-order valence-corrected chi connectivity index (χ3v) is 6.95. The molecule has 0 bridgehead atoms. The lowest BCUT2D eigenvalue weighted by molar-refractivity contribution is 0.0128. The Kier molecular flexibility index (Phi) is 5.22. The fourth-order valence-electron chi connectivity index (χ4n) is 4.00. The summed E-state index contributed by atoms with van der Waals surface area (Å²) in [4.78, 5) is 14.7. The Morgan fingerprint density at radius 2 is 2.15 bits per heavy atom. The van der Waals surface area contributed by atoms with Gasteiger partial charge in [0.05, 0.1) is 25.5 Å². The maximum Gasteiger partial charge on any atom is 0.257 e. The zero-order chi connectivity index (χ0) is 19.1. The predicted molar refractivity (Wildman–Crippen MR) is 98.0 cm³/mol. The van der Waals surface area contributed by atoms with E-state index < -0.39 is 15.4 Å². The van der Waals surface area contributed by atoms with Crippen LogP contribution in [0.2, 0.25) is 5.02 Å². The molecule has 1 aromatic carbocycles. The molecule has 3 rings (SSSR count). The van der Waals surface area contributed by atoms with Crippen LogP contribution >= 0.6 is 11.6 Å². The number of aliphatic hydroxyl groups excluding tert-OH is 1. The number of sulfonamides is 1. The molecule has 0 saturated carbocycles. The Morgan fingerprint density at radius 1 is 1.42 bits per heavy atom. The summed E-state index contributed by atoms with van der Waals surface area (Å²) in [7, 11) is -1.85. The van der Waals surface area contributed by atoms with E-state index in [-0.39, 0.29) is 25.0 Å². The third-order valence-electron chi connectivity index (χ3n) is 5.50. The molecule has 2 heterocycles. The van der Waals surface area contributed by atoms with Crippen LogP contribution in [0.5, 0.6) is 5.75 Å². The summed E-state index contributed by atoms with van der Waals surface area (Å²) in [5, 5.41) is 10.5. The van der Waals surface area contributed by atoms with E-state index in [2.05, 4.69) is 0 Å². The van der Waals surface area contributed by atoms with Crippen molar-refractivity contribution in [1.29, 1.82) is 0 Å². The molecule has 2 aliphatic heterocycles. The highest BCUT2D eigenvalue weighted by Gasteiger charge is 2.52. The van der Waals surface area contributed by atoms with E-state index in [1.54, 1.807) is 23.1 Å². The van der Waals surface area contributed by atoms with E-state index in [0.29, 0.717) is 42.4 Å². The van der Waals surface area contributed by atoms with Crippen molar-refractivity contribution in [2.24, 2.45) is 11.3 Å². The number of aliphatic hydroxyl groups is 1. The van der Waals surface area contributed by atoms with Crippen molar-refractivity contribution in [3.63, 3.8) is 0 Å². The van der Waals surface area contributed by atoms with Gasteiger partial charge in [-0.25, -0.2) is 12.7 Å². The number of carbonyl (C=O) groups is 1. The average Bonchev–Trinajstić information content (AvgIpc) is 3.00. The lowest BCUT2D eigenvalue weighted by Gasteiger charge is -2.43. The first-order valence-corrected chi connectivity index (χ1v) is 10.6. The molecule has 2 unspecified atom stereocenters. The normalized spacial score (nSPS) is 26.6. The van der Waals surface area contributed by atoms with Crippen LogP contribution in [-0.2, 0) is 10.0 Å². The molecule has 2 atom stereocenters. The highest BCUT2D eigenvalue weighted by atomic mass is 35.5. The number of ether oxygens (including phenoxy) is 1. The van der Waals surface area contributed by atoms with Crippen molar-refractivity contribution in [2.75, 3.05) is 46.2 Å². The Balaban J connectivity index is 1.86. The summed E-state index contributed by atoms with van der Waals surface area (Å²) in [6, 6.07) is 4.86. The number of nitrogens with zero attached hydrogens (tertiary/aromatic N) is 2. The molecule has 1 N–H and O–H groups in total. The number of halogens is 1. The van der Waals surface area contributed by atoms with Gasteiger partial charge in [-0.1, -0.05) is 11.6 Å². The second kappa shape index (κ2) is 6.99. The highest BCUT2D eigenvalue weighted by Crippen LogP contribution is 2.43. The van der Waals surface area contributed by atoms with Crippen molar-refractivity contribution in [3.05, 3.63) is 28.8 Å². The van der Waals surface area contributed by atoms with E-state index in [4.69, 9.17) is 16.3 Å². The van der Waals surface area contributed by atoms with E-state index in [1.807, 2.05) is 0 Å². The minimum absolute atomic E-state index is 0.0348. The second-order valence-electron chi connectivity index (χ2n) is 7.13. The lowest BCUT2D eigenvalue weighted by atomic mass is 9.74. The van der Waals surface area contributed by atoms with E-state index in [9.17, 15) is 18.3 Å². The monoisotopic (exact) mass is 402 g/mol. The number of hydrogen-bond donors (Lipinski definition) is 1. The smallest absolute Gasteiger partial charge is 0.257 e. The molecule has 2 aliphatic rings. The summed E-state index contributed by atoms with van der Waals surface area (Å²) >= 11 is 6.03. The van der Waals surface area contributed by atoms with Gasteiger partial charge in [0.25, 0.3) is 5.91 Å². The van der Waals surface area contributed by atoms with Gasteiger partial charge in [-0.3, -0.25) is 4.79 Å². The highest BCUT2D eigenvalue weighted by molar-refractivity contribution is 7.88. The SMILES string of the molecule is COc1ccc(Cl)cc1C(=O)N1CCC2CN(S(C)(=O)=O)CC2(CO)C1. The van der Waals surface area contributed by atoms with E-state index >= 15 is 0 Å². The molecule has 1 amide bonds. The number of benzene rings is 1. The first-order valence-electron chi connectivity index (χ1n) is 8.39. The first kappa shape index (κ1) is 19.4. The molecule has 0 spiro atoms. The molecule has 144 valence electrons. The number of hydrogen-bond acceptors (Lipinski definition) is 5. The largest absolute Gasteiger partial charge is 0.496 e. The molecule has 2 fully saturated rings. The zero-order valence-electron chi connectivity index (χ0n) is 14.8. The maximum atomic E-state index is 13.0. The molecule has 0 aliphatic carbocycles. The third kappa shape index (κ3) is 3.43. The zero-order valence-corrected chi connectivity index (χ0v) is 16.4. The van der Waals surface area contributed by atoms with Gasteiger partial charge < -0.3 is 14.7 Å². The molecule has 2 saturated heterocycles. The molecular weight excluding hydrogens is 380 g/mol. The number of rotatable bonds is 4. The molecule has 0 aromatic heterocycles. The second-order valence-corrected chi connectivity index (χ2v) is 9.55. The van der Waals surface area contributed by atoms with Gasteiger partial charge in [-0.2, -0.15) is 0 Å². The van der Waals surface area contributed by atoms with Crippen molar-refractivity contribution in [2.45, 2.75) is 6.42 Å². The number of fused-ring (bicyclic) bond motifs is 1. The number of methoxy groups -OCH3 is 1. The van der Waals surface area contributed by atoms with Crippen molar-refractivity contribution in [3.8, 4) is 5.75 Å². The van der Waals surface area contributed by atoms with Crippen molar-refractivity contribution < 1.29 is 23.1 Å². The Hall–Kier alpha value is -1.35. The van der Waals surface area contributed by atoms with Crippen LogP contribution in [-0.4, -0.2) is 74.8 Å². The van der Waals surface area contributed by atoms with E-state index in [1.165, 1.54) is 17.7 Å². The lowest BCUT2D eigenvalue weighted by Crippen LogP contribution is -2.52. The van der Waals surface area contributed by atoms with Crippen LogP contribution in [0.15, 0.2) is 18.2 Å². The summed E-state index contributed by atoms with van der Waals surface area (Å²) < 4.78 is 30.5. The minimum atomic E-state index is -3.33. The number of piperidine rings is 1. The average molecular weight is 403 g/mol. The Morgan fingerprint density at radius 3 is 2.77 bits per heavy atom. The topological polar surface area (TPSA) is 87.2 Å². The van der Waals surface area contributed by atoms with Gasteiger partial charge in [0.15, 0.2) is 0 Å². The van der Waals surface area contributed by atoms with Gasteiger partial charge in [0, 0.05) is 36.6 Å². The fraction of sp³-hybridized carbons (Fsp3) is 0.588. The van der Waals surface area contributed by atoms with Crippen LogP contribution in [0.25, 0.3) is 0 Å². The van der Waals surface area contributed by atoms with Crippen LogP contribution in [0.3, 0.4) is 0 Å². The molecular formula is C17H23ClN2O5S. The molecule has 1 aromatic rings. The number of amides is 1. The molecule has 9 heteroatoms. The number of likely N-dealkylation sites (tertiary alicyclic amines) is 1. The van der Waals surface area contributed by atoms with Crippen LogP contribution < -0.4 is 4.74 Å². The first-order chi connectivity index (χ1) is 12.2. The summed E-state index contributed by atoms with van der Waals surface area (Å²) in [6.07, 6.45) is 1.82. The Bertz CT molecular complexity index is 815. The molecule has 26 heavy (non-hydrogen) atoms. The van der Waals surface area contributed by atoms with Gasteiger partial charge >= 0.3 is 0 Å². The minimum Gasteiger partial charge on any atom is -0.496 e. The molecule has 0 radical (unpaired) electrons. The van der Waals surface area contributed by atoms with Crippen LogP contribution in [0.4, 0.5) is 0 Å². The summed E-state index contributed by atoms with van der Waals surface area (Å²) in [6.45, 7) is 1.25. The summed E-state index contributed by atoms with van der Waals surface area (Å²) in [5.74, 6) is 0.240. The van der Waals surface area contributed by atoms with Gasteiger partial charge in [-0.15, -0.1) is 0 Å². The molecule has 7 nitrogen and oxygen atoms in total. The predicted octanol–water partition coefficient (Wildman–Crippen LogP) is 1.06. The number of carbonyl (C=O) groups excluding carboxylic acids is 1. The standard InChI is InChI=1S/C17H23ClN2O5S/c1-25-15-4-3-13(18)7-14(15)16(22)19-6-5-12-8-20(26(2,23)24)10-17(12,9-19)11-21/h3-4,7,12,21H,5-6,8-11H2,1-2H3. The van der Waals surface area contributed by atoms with Gasteiger partial charge in [-0.05, 0) is 30.5 Å². The maximum absolute atomic E-state index is 13.0. The van der Waals surface area contributed by atoms with Crippen molar-refractivity contribution >= 4 is 27.5 Å². The van der Waals surface area contributed by atoms with Crippen LogP contribution in [0, 0.1) is 11.3 Å².